The Bertz CT molecular complexity index is 567. The fourth-order valence-electron chi connectivity index (χ4n) is 1.70. The van der Waals surface area contributed by atoms with Gasteiger partial charge in [-0.15, -0.1) is 11.3 Å². The summed E-state index contributed by atoms with van der Waals surface area (Å²) in [4.78, 5) is 16.0. The summed E-state index contributed by atoms with van der Waals surface area (Å²) in [7, 11) is 0. The first-order valence-corrected chi connectivity index (χ1v) is 7.41. The van der Waals surface area contributed by atoms with Crippen LogP contribution in [-0.4, -0.2) is 17.0 Å². The summed E-state index contributed by atoms with van der Waals surface area (Å²) in [5, 5.41) is 5.12. The van der Waals surface area contributed by atoms with Crippen LogP contribution >= 0.6 is 11.3 Å². The first-order chi connectivity index (χ1) is 9.56. The number of ether oxygens (including phenoxy) is 1. The standard InChI is InChI=1S/C15H18N2O2S/c1-10(2)12-5-4-6-13(9-12)19-11(3)14(18)17-15-16-7-8-20-15/h4-11H,1-3H3,(H,16,17,18). The maximum Gasteiger partial charge on any atom is 0.266 e. The molecule has 0 aliphatic carbocycles. The van der Waals surface area contributed by atoms with E-state index in [0.29, 0.717) is 16.8 Å². The van der Waals surface area contributed by atoms with Gasteiger partial charge in [-0.3, -0.25) is 10.1 Å². The van der Waals surface area contributed by atoms with Gasteiger partial charge in [-0.1, -0.05) is 26.0 Å². The number of carbonyl (C=O) groups is 1. The highest BCUT2D eigenvalue weighted by molar-refractivity contribution is 7.13. The van der Waals surface area contributed by atoms with Crippen molar-refractivity contribution in [2.24, 2.45) is 0 Å². The summed E-state index contributed by atoms with van der Waals surface area (Å²) in [5.74, 6) is 0.936. The van der Waals surface area contributed by atoms with E-state index in [0.717, 1.165) is 0 Å². The molecule has 1 heterocycles. The van der Waals surface area contributed by atoms with Crippen molar-refractivity contribution in [2.75, 3.05) is 5.32 Å². The Hall–Kier alpha value is -1.88. The fourth-order valence-corrected chi connectivity index (χ4v) is 2.23. The molecule has 0 aliphatic heterocycles. The van der Waals surface area contributed by atoms with E-state index < -0.39 is 6.10 Å². The molecule has 0 saturated carbocycles. The van der Waals surface area contributed by atoms with E-state index in [-0.39, 0.29) is 5.91 Å². The van der Waals surface area contributed by atoms with Crippen LogP contribution in [0.1, 0.15) is 32.3 Å². The third kappa shape index (κ3) is 3.81. The lowest BCUT2D eigenvalue weighted by Crippen LogP contribution is -2.30. The lowest BCUT2D eigenvalue weighted by molar-refractivity contribution is -0.122. The van der Waals surface area contributed by atoms with E-state index in [1.165, 1.54) is 16.9 Å². The highest BCUT2D eigenvalue weighted by atomic mass is 32.1. The van der Waals surface area contributed by atoms with Crippen LogP contribution in [0.2, 0.25) is 0 Å². The molecule has 1 aromatic carbocycles. The molecule has 1 N–H and O–H groups in total. The van der Waals surface area contributed by atoms with Gasteiger partial charge < -0.3 is 4.74 Å². The Morgan fingerprint density at radius 3 is 2.80 bits per heavy atom. The van der Waals surface area contributed by atoms with Gasteiger partial charge in [0.2, 0.25) is 0 Å². The van der Waals surface area contributed by atoms with Crippen molar-refractivity contribution in [1.29, 1.82) is 0 Å². The van der Waals surface area contributed by atoms with Crippen molar-refractivity contribution in [3.8, 4) is 5.75 Å². The molecule has 0 fully saturated rings. The SMILES string of the molecule is CC(Oc1cccc(C(C)C)c1)C(=O)Nc1nccs1. The van der Waals surface area contributed by atoms with Crippen molar-refractivity contribution >= 4 is 22.4 Å². The lowest BCUT2D eigenvalue weighted by atomic mass is 10.0. The Labute approximate surface area is 122 Å². The van der Waals surface area contributed by atoms with Gasteiger partial charge in [0.1, 0.15) is 5.75 Å². The molecule has 0 spiro atoms. The van der Waals surface area contributed by atoms with Crippen LogP contribution in [0.15, 0.2) is 35.8 Å². The minimum Gasteiger partial charge on any atom is -0.481 e. The number of carbonyl (C=O) groups excluding carboxylic acids is 1. The molecule has 2 aromatic rings. The third-order valence-corrected chi connectivity index (χ3v) is 3.56. The van der Waals surface area contributed by atoms with Gasteiger partial charge in [-0.2, -0.15) is 0 Å². The largest absolute Gasteiger partial charge is 0.481 e. The monoisotopic (exact) mass is 290 g/mol. The zero-order valence-electron chi connectivity index (χ0n) is 11.8. The summed E-state index contributed by atoms with van der Waals surface area (Å²) >= 11 is 1.38. The van der Waals surface area contributed by atoms with Gasteiger partial charge in [-0.25, -0.2) is 4.98 Å². The van der Waals surface area contributed by atoms with Crippen LogP contribution < -0.4 is 10.1 Å². The molecular formula is C15H18N2O2S. The first-order valence-electron chi connectivity index (χ1n) is 6.53. The number of aromatic nitrogens is 1. The zero-order valence-corrected chi connectivity index (χ0v) is 12.6. The van der Waals surface area contributed by atoms with E-state index in [1.807, 2.05) is 23.6 Å². The molecular weight excluding hydrogens is 272 g/mol. The molecule has 4 nitrogen and oxygen atoms in total. The summed E-state index contributed by atoms with van der Waals surface area (Å²) < 4.78 is 5.68. The van der Waals surface area contributed by atoms with Gasteiger partial charge in [0.15, 0.2) is 11.2 Å². The summed E-state index contributed by atoms with van der Waals surface area (Å²) in [6.45, 7) is 5.97. The van der Waals surface area contributed by atoms with Gasteiger partial charge in [-0.05, 0) is 30.5 Å². The number of amides is 1. The Morgan fingerprint density at radius 2 is 2.15 bits per heavy atom. The molecule has 20 heavy (non-hydrogen) atoms. The summed E-state index contributed by atoms with van der Waals surface area (Å²) in [5.41, 5.74) is 1.19. The molecule has 1 amide bonds. The predicted molar refractivity (Wildman–Crippen MR) is 81.4 cm³/mol. The van der Waals surface area contributed by atoms with Crippen molar-refractivity contribution in [3.05, 3.63) is 41.4 Å². The minimum absolute atomic E-state index is 0.199. The van der Waals surface area contributed by atoms with E-state index in [9.17, 15) is 4.79 Å². The normalized spacial score (nSPS) is 12.2. The number of thiazole rings is 1. The second-order valence-electron chi connectivity index (χ2n) is 4.81. The van der Waals surface area contributed by atoms with E-state index in [1.54, 1.807) is 13.1 Å². The van der Waals surface area contributed by atoms with Gasteiger partial charge >= 0.3 is 0 Å². The van der Waals surface area contributed by atoms with Crippen LogP contribution in [0.4, 0.5) is 5.13 Å². The van der Waals surface area contributed by atoms with Crippen molar-refractivity contribution in [3.63, 3.8) is 0 Å². The first kappa shape index (κ1) is 14.5. The van der Waals surface area contributed by atoms with Crippen LogP contribution in [0.3, 0.4) is 0 Å². The number of anilines is 1. The predicted octanol–water partition coefficient (Wildman–Crippen LogP) is 3.67. The minimum atomic E-state index is -0.568. The smallest absolute Gasteiger partial charge is 0.266 e. The molecule has 1 aromatic heterocycles. The molecule has 0 aliphatic rings. The van der Waals surface area contributed by atoms with Crippen LogP contribution in [0.25, 0.3) is 0 Å². The Kier molecular flexibility index (Phi) is 4.74. The molecule has 1 atom stereocenters. The number of nitrogens with zero attached hydrogens (tertiary/aromatic N) is 1. The van der Waals surface area contributed by atoms with Gasteiger partial charge in [0.05, 0.1) is 0 Å². The van der Waals surface area contributed by atoms with Gasteiger partial charge in [0, 0.05) is 11.6 Å². The molecule has 2 rings (SSSR count). The average Bonchev–Trinajstić information content (AvgIpc) is 2.91. The maximum atomic E-state index is 12.0. The Morgan fingerprint density at radius 1 is 1.35 bits per heavy atom. The van der Waals surface area contributed by atoms with Crippen molar-refractivity contribution in [1.82, 2.24) is 4.98 Å². The van der Waals surface area contributed by atoms with Crippen molar-refractivity contribution in [2.45, 2.75) is 32.8 Å². The lowest BCUT2D eigenvalue weighted by Gasteiger charge is -2.15. The maximum absolute atomic E-state index is 12.0. The molecule has 0 bridgehead atoms. The number of rotatable bonds is 5. The van der Waals surface area contributed by atoms with Crippen molar-refractivity contribution < 1.29 is 9.53 Å². The summed E-state index contributed by atoms with van der Waals surface area (Å²) in [6.07, 6.45) is 1.08. The highest BCUT2D eigenvalue weighted by Crippen LogP contribution is 2.21. The number of hydrogen-bond acceptors (Lipinski definition) is 4. The Balaban J connectivity index is 1.98. The fraction of sp³-hybridized carbons (Fsp3) is 0.333. The van der Waals surface area contributed by atoms with E-state index in [2.05, 4.69) is 30.2 Å². The number of nitrogens with one attached hydrogen (secondary N) is 1. The third-order valence-electron chi connectivity index (χ3n) is 2.87. The van der Waals surface area contributed by atoms with Crippen LogP contribution in [0, 0.1) is 0 Å². The zero-order chi connectivity index (χ0) is 14.5. The second kappa shape index (κ2) is 6.52. The number of benzene rings is 1. The van der Waals surface area contributed by atoms with E-state index in [4.69, 9.17) is 4.74 Å². The van der Waals surface area contributed by atoms with E-state index >= 15 is 0 Å². The second-order valence-corrected chi connectivity index (χ2v) is 5.71. The highest BCUT2D eigenvalue weighted by Gasteiger charge is 2.16. The van der Waals surface area contributed by atoms with Gasteiger partial charge in [0.25, 0.3) is 5.91 Å². The number of hydrogen-bond donors (Lipinski definition) is 1. The quantitative estimate of drug-likeness (QED) is 0.914. The van der Waals surface area contributed by atoms with Crippen LogP contribution in [0.5, 0.6) is 5.75 Å². The molecule has 5 heteroatoms. The molecule has 1 unspecified atom stereocenters. The molecule has 0 radical (unpaired) electrons. The molecule has 106 valence electrons. The molecule has 0 saturated heterocycles. The topological polar surface area (TPSA) is 51.2 Å². The average molecular weight is 290 g/mol. The van der Waals surface area contributed by atoms with Crippen LogP contribution in [-0.2, 0) is 4.79 Å². The summed E-state index contributed by atoms with van der Waals surface area (Å²) in [6, 6.07) is 7.82.